The van der Waals surface area contributed by atoms with Gasteiger partial charge in [0.2, 0.25) is 5.91 Å². The number of nitrogens with one attached hydrogen (secondary N) is 2. The van der Waals surface area contributed by atoms with Crippen molar-refractivity contribution in [2.75, 3.05) is 25.6 Å². The van der Waals surface area contributed by atoms with Gasteiger partial charge >= 0.3 is 0 Å². The zero-order valence-electron chi connectivity index (χ0n) is 12.1. The Morgan fingerprint density at radius 1 is 1.40 bits per heavy atom. The van der Waals surface area contributed by atoms with Gasteiger partial charge in [-0.05, 0) is 38.4 Å². The predicted molar refractivity (Wildman–Crippen MR) is 78.4 cm³/mol. The zero-order valence-corrected chi connectivity index (χ0v) is 12.1. The lowest BCUT2D eigenvalue weighted by molar-refractivity contribution is -0.118. The van der Waals surface area contributed by atoms with E-state index in [1.54, 1.807) is 19.2 Å². The zero-order chi connectivity index (χ0) is 14.4. The van der Waals surface area contributed by atoms with Crippen LogP contribution in [0.5, 0.6) is 11.5 Å². The van der Waals surface area contributed by atoms with Gasteiger partial charge in [0.15, 0.2) is 11.5 Å². The molecule has 0 saturated carbocycles. The van der Waals surface area contributed by atoms with Gasteiger partial charge in [-0.1, -0.05) is 6.42 Å². The number of anilines is 1. The first-order valence-corrected chi connectivity index (χ1v) is 7.09. The molecule has 5 nitrogen and oxygen atoms in total. The Kier molecular flexibility index (Phi) is 5.24. The van der Waals surface area contributed by atoms with E-state index >= 15 is 0 Å². The van der Waals surface area contributed by atoms with Gasteiger partial charge in [-0.3, -0.25) is 4.79 Å². The molecule has 1 aromatic carbocycles. The summed E-state index contributed by atoms with van der Waals surface area (Å²) in [7, 11) is 1.60. The van der Waals surface area contributed by atoms with Crippen LogP contribution in [0, 0.1) is 0 Å². The van der Waals surface area contributed by atoms with Gasteiger partial charge in [0, 0.05) is 11.8 Å². The molecule has 0 aromatic heterocycles. The molecule has 1 amide bonds. The van der Waals surface area contributed by atoms with Crippen LogP contribution in [0.2, 0.25) is 0 Å². The van der Waals surface area contributed by atoms with Crippen molar-refractivity contribution in [3.8, 4) is 11.5 Å². The van der Waals surface area contributed by atoms with E-state index in [2.05, 4.69) is 10.6 Å². The lowest BCUT2D eigenvalue weighted by atomic mass is 10.0. The molecule has 1 saturated heterocycles. The van der Waals surface area contributed by atoms with Crippen LogP contribution in [0.4, 0.5) is 5.69 Å². The summed E-state index contributed by atoms with van der Waals surface area (Å²) >= 11 is 0. The molecule has 1 atom stereocenters. The van der Waals surface area contributed by atoms with Crippen LogP contribution in [-0.2, 0) is 4.79 Å². The Morgan fingerprint density at radius 3 is 2.90 bits per heavy atom. The molecule has 20 heavy (non-hydrogen) atoms. The third-order valence-electron chi connectivity index (χ3n) is 3.36. The van der Waals surface area contributed by atoms with Crippen LogP contribution < -0.4 is 20.1 Å². The number of hydrogen-bond donors (Lipinski definition) is 2. The molecule has 2 N–H and O–H groups in total. The predicted octanol–water partition coefficient (Wildman–Crippen LogP) is 2.17. The highest BCUT2D eigenvalue weighted by molar-refractivity contribution is 5.95. The van der Waals surface area contributed by atoms with E-state index in [0.717, 1.165) is 31.5 Å². The van der Waals surface area contributed by atoms with Gasteiger partial charge in [-0.2, -0.15) is 0 Å². The maximum atomic E-state index is 12.1. The molecule has 5 heteroatoms. The Bertz CT molecular complexity index is 456. The van der Waals surface area contributed by atoms with Crippen molar-refractivity contribution in [1.82, 2.24) is 5.32 Å². The standard InChI is InChI=1S/C15H22N2O3/c1-3-20-14-10-11(7-8-13(14)19-2)17-15(18)12-6-4-5-9-16-12/h7-8,10,12,16H,3-6,9H2,1-2H3,(H,17,18)/t12-/m1/s1. The van der Waals surface area contributed by atoms with Gasteiger partial charge in [-0.15, -0.1) is 0 Å². The maximum Gasteiger partial charge on any atom is 0.241 e. The summed E-state index contributed by atoms with van der Waals surface area (Å²) < 4.78 is 10.7. The monoisotopic (exact) mass is 278 g/mol. The van der Waals surface area contributed by atoms with Gasteiger partial charge in [0.05, 0.1) is 19.8 Å². The van der Waals surface area contributed by atoms with Gasteiger partial charge in [-0.25, -0.2) is 0 Å². The third-order valence-corrected chi connectivity index (χ3v) is 3.36. The fraction of sp³-hybridized carbons (Fsp3) is 0.533. The molecule has 0 spiro atoms. The minimum atomic E-state index is -0.0959. The highest BCUT2D eigenvalue weighted by atomic mass is 16.5. The van der Waals surface area contributed by atoms with Crippen molar-refractivity contribution in [3.05, 3.63) is 18.2 Å². The number of hydrogen-bond acceptors (Lipinski definition) is 4. The second kappa shape index (κ2) is 7.14. The quantitative estimate of drug-likeness (QED) is 0.866. The Labute approximate surface area is 119 Å². The van der Waals surface area contributed by atoms with E-state index in [-0.39, 0.29) is 11.9 Å². The molecule has 1 heterocycles. The van der Waals surface area contributed by atoms with E-state index in [1.165, 1.54) is 0 Å². The number of piperidine rings is 1. The Morgan fingerprint density at radius 2 is 2.25 bits per heavy atom. The summed E-state index contributed by atoms with van der Waals surface area (Å²) in [6.07, 6.45) is 3.12. The highest BCUT2D eigenvalue weighted by Crippen LogP contribution is 2.30. The van der Waals surface area contributed by atoms with Crippen molar-refractivity contribution in [3.63, 3.8) is 0 Å². The summed E-state index contributed by atoms with van der Waals surface area (Å²) in [4.78, 5) is 12.1. The molecule has 0 radical (unpaired) electrons. The molecule has 1 aromatic rings. The Hall–Kier alpha value is -1.75. The SMILES string of the molecule is CCOc1cc(NC(=O)[C@H]2CCCCN2)ccc1OC. The second-order valence-electron chi connectivity index (χ2n) is 4.79. The number of ether oxygens (including phenoxy) is 2. The van der Waals surface area contributed by atoms with E-state index in [4.69, 9.17) is 9.47 Å². The summed E-state index contributed by atoms with van der Waals surface area (Å²) in [5.74, 6) is 1.32. The number of rotatable bonds is 5. The lowest BCUT2D eigenvalue weighted by Crippen LogP contribution is -2.43. The summed E-state index contributed by atoms with van der Waals surface area (Å²) in [5.41, 5.74) is 0.728. The minimum absolute atomic E-state index is 0.0114. The van der Waals surface area contributed by atoms with Crippen molar-refractivity contribution in [2.24, 2.45) is 0 Å². The lowest BCUT2D eigenvalue weighted by Gasteiger charge is -2.22. The first kappa shape index (κ1) is 14.7. The number of carbonyl (C=O) groups excluding carboxylic acids is 1. The fourth-order valence-electron chi connectivity index (χ4n) is 2.33. The number of amides is 1. The first-order chi connectivity index (χ1) is 9.74. The van der Waals surface area contributed by atoms with Crippen LogP contribution in [-0.4, -0.2) is 32.2 Å². The van der Waals surface area contributed by atoms with E-state index in [9.17, 15) is 4.79 Å². The van der Waals surface area contributed by atoms with Crippen molar-refractivity contribution in [1.29, 1.82) is 0 Å². The Balaban J connectivity index is 2.04. The van der Waals surface area contributed by atoms with Gasteiger partial charge in [0.1, 0.15) is 0 Å². The molecule has 2 rings (SSSR count). The van der Waals surface area contributed by atoms with E-state index < -0.39 is 0 Å². The average Bonchev–Trinajstić information content (AvgIpc) is 2.49. The van der Waals surface area contributed by atoms with Crippen molar-refractivity contribution < 1.29 is 14.3 Å². The fourth-order valence-corrected chi connectivity index (χ4v) is 2.33. The van der Waals surface area contributed by atoms with Crippen LogP contribution in [0.1, 0.15) is 26.2 Å². The molecular weight excluding hydrogens is 256 g/mol. The minimum Gasteiger partial charge on any atom is -0.493 e. The van der Waals surface area contributed by atoms with Crippen molar-refractivity contribution >= 4 is 11.6 Å². The smallest absolute Gasteiger partial charge is 0.241 e. The molecule has 110 valence electrons. The van der Waals surface area contributed by atoms with E-state index in [1.807, 2.05) is 13.0 Å². The number of benzene rings is 1. The topological polar surface area (TPSA) is 59.6 Å². The summed E-state index contributed by atoms with van der Waals surface area (Å²) in [5, 5.41) is 6.16. The van der Waals surface area contributed by atoms with Crippen LogP contribution in [0.3, 0.4) is 0 Å². The van der Waals surface area contributed by atoms with Gasteiger partial charge < -0.3 is 20.1 Å². The van der Waals surface area contributed by atoms with Crippen LogP contribution >= 0.6 is 0 Å². The first-order valence-electron chi connectivity index (χ1n) is 7.09. The molecular formula is C15H22N2O3. The molecule has 0 bridgehead atoms. The molecule has 0 unspecified atom stereocenters. The molecule has 1 fully saturated rings. The van der Waals surface area contributed by atoms with Gasteiger partial charge in [0.25, 0.3) is 0 Å². The number of carbonyl (C=O) groups is 1. The summed E-state index contributed by atoms with van der Waals surface area (Å²) in [6, 6.07) is 5.32. The molecule has 1 aliphatic heterocycles. The maximum absolute atomic E-state index is 12.1. The highest BCUT2D eigenvalue weighted by Gasteiger charge is 2.20. The largest absolute Gasteiger partial charge is 0.493 e. The second-order valence-corrected chi connectivity index (χ2v) is 4.79. The summed E-state index contributed by atoms with van der Waals surface area (Å²) in [6.45, 7) is 3.37. The third kappa shape index (κ3) is 3.63. The molecule has 0 aliphatic carbocycles. The number of methoxy groups -OCH3 is 1. The molecule has 1 aliphatic rings. The van der Waals surface area contributed by atoms with Crippen molar-refractivity contribution in [2.45, 2.75) is 32.2 Å². The van der Waals surface area contributed by atoms with Crippen LogP contribution in [0.15, 0.2) is 18.2 Å². The normalized spacial score (nSPS) is 18.4. The average molecular weight is 278 g/mol. The van der Waals surface area contributed by atoms with E-state index in [0.29, 0.717) is 18.1 Å². The van der Waals surface area contributed by atoms with Crippen LogP contribution in [0.25, 0.3) is 0 Å².